The Morgan fingerprint density at radius 3 is 2.58 bits per heavy atom. The highest BCUT2D eigenvalue weighted by Crippen LogP contribution is 2.31. The molecular weight excluding hydrogens is 392 g/mol. The number of aromatic nitrogens is 3. The molecule has 0 saturated carbocycles. The maximum absolute atomic E-state index is 13.1. The lowest BCUT2D eigenvalue weighted by Crippen LogP contribution is -2.18. The van der Waals surface area contributed by atoms with Gasteiger partial charge in [-0.15, -0.1) is 0 Å². The van der Waals surface area contributed by atoms with Gasteiger partial charge in [-0.1, -0.05) is 31.2 Å². The first-order chi connectivity index (χ1) is 15.2. The summed E-state index contributed by atoms with van der Waals surface area (Å²) in [7, 11) is 0. The van der Waals surface area contributed by atoms with E-state index < -0.39 is 5.97 Å². The van der Waals surface area contributed by atoms with Crippen LogP contribution in [0.3, 0.4) is 0 Å². The van der Waals surface area contributed by atoms with E-state index >= 15 is 0 Å². The molecule has 5 rings (SSSR count). The van der Waals surface area contributed by atoms with Crippen LogP contribution in [0, 0.1) is 0 Å². The van der Waals surface area contributed by atoms with Crippen molar-refractivity contribution >= 4 is 34.0 Å². The van der Waals surface area contributed by atoms with Crippen molar-refractivity contribution in [2.45, 2.75) is 32.3 Å². The Morgan fingerprint density at radius 1 is 1.16 bits per heavy atom. The molecule has 0 spiro atoms. The van der Waals surface area contributed by atoms with E-state index in [-0.39, 0.29) is 24.1 Å². The van der Waals surface area contributed by atoms with Gasteiger partial charge in [0.25, 0.3) is 0 Å². The van der Waals surface area contributed by atoms with Gasteiger partial charge < -0.3 is 15.2 Å². The third-order valence-corrected chi connectivity index (χ3v) is 5.73. The number of carbonyl (C=O) groups excluding carboxylic acids is 1. The third kappa shape index (κ3) is 3.51. The highest BCUT2D eigenvalue weighted by atomic mass is 16.6. The highest BCUT2D eigenvalue weighted by Gasteiger charge is 2.27. The van der Waals surface area contributed by atoms with Crippen molar-refractivity contribution in [1.82, 2.24) is 14.5 Å². The van der Waals surface area contributed by atoms with E-state index in [9.17, 15) is 4.79 Å². The zero-order valence-corrected chi connectivity index (χ0v) is 17.4. The van der Waals surface area contributed by atoms with E-state index in [4.69, 9.17) is 25.2 Å². The molecule has 3 heterocycles. The molecule has 0 amide bonds. The molecule has 7 nitrogen and oxygen atoms in total. The SMILES string of the molecule is CCc1ccc(-n2c(N)c(C(=O)OC[C@H]3CCCO3)c3nc4ccccc4nc32)cc1. The van der Waals surface area contributed by atoms with Crippen LogP contribution in [0.15, 0.2) is 48.5 Å². The molecule has 1 atom stereocenters. The number of fused-ring (bicyclic) bond motifs is 2. The van der Waals surface area contributed by atoms with Crippen LogP contribution in [-0.2, 0) is 15.9 Å². The fraction of sp³-hybridized carbons (Fsp3) is 0.292. The van der Waals surface area contributed by atoms with E-state index in [0.717, 1.165) is 30.5 Å². The summed E-state index contributed by atoms with van der Waals surface area (Å²) in [5.41, 5.74) is 11.2. The van der Waals surface area contributed by atoms with Gasteiger partial charge in [0, 0.05) is 12.3 Å². The minimum absolute atomic E-state index is 0.0629. The standard InChI is InChI=1S/C24H24N4O3/c1-2-15-9-11-16(12-10-15)28-22(25)20(24(29)31-14-17-6-5-13-30-17)21-23(28)27-19-8-4-3-7-18(19)26-21/h3-4,7-12,17H,2,5-6,13-14,25H2,1H3/t17-/m1/s1. The molecule has 2 aromatic heterocycles. The molecule has 158 valence electrons. The van der Waals surface area contributed by atoms with Gasteiger partial charge in [-0.05, 0) is 49.1 Å². The first-order valence-electron chi connectivity index (χ1n) is 10.6. The van der Waals surface area contributed by atoms with Crippen molar-refractivity contribution in [3.63, 3.8) is 0 Å². The first kappa shape index (κ1) is 19.5. The fourth-order valence-corrected chi connectivity index (χ4v) is 4.02. The van der Waals surface area contributed by atoms with Crippen LogP contribution in [0.4, 0.5) is 5.82 Å². The number of anilines is 1. The number of hydrogen-bond acceptors (Lipinski definition) is 6. The van der Waals surface area contributed by atoms with Gasteiger partial charge in [0.15, 0.2) is 5.65 Å². The molecule has 1 aliphatic rings. The van der Waals surface area contributed by atoms with Gasteiger partial charge in [0.05, 0.1) is 17.1 Å². The maximum Gasteiger partial charge on any atom is 0.344 e. The number of para-hydroxylation sites is 2. The topological polar surface area (TPSA) is 92.3 Å². The number of hydrogen-bond donors (Lipinski definition) is 1. The van der Waals surface area contributed by atoms with Crippen LogP contribution in [0.5, 0.6) is 0 Å². The molecule has 31 heavy (non-hydrogen) atoms. The van der Waals surface area contributed by atoms with Gasteiger partial charge in [-0.25, -0.2) is 14.8 Å². The fourth-order valence-electron chi connectivity index (χ4n) is 4.02. The highest BCUT2D eigenvalue weighted by molar-refractivity contribution is 6.09. The van der Waals surface area contributed by atoms with Crippen molar-refractivity contribution in [2.75, 3.05) is 18.9 Å². The number of nitrogens with zero attached hydrogens (tertiary/aromatic N) is 3. The number of benzene rings is 2. The lowest BCUT2D eigenvalue weighted by Gasteiger charge is -2.11. The number of nitrogen functional groups attached to an aromatic ring is 1. The summed E-state index contributed by atoms with van der Waals surface area (Å²) >= 11 is 0. The molecule has 2 aromatic carbocycles. The number of ether oxygens (including phenoxy) is 2. The Balaban J connectivity index is 1.65. The van der Waals surface area contributed by atoms with Crippen molar-refractivity contribution in [2.24, 2.45) is 0 Å². The second-order valence-corrected chi connectivity index (χ2v) is 7.73. The molecule has 2 N–H and O–H groups in total. The minimum atomic E-state index is -0.508. The van der Waals surface area contributed by atoms with Crippen molar-refractivity contribution in [3.05, 3.63) is 59.7 Å². The second-order valence-electron chi connectivity index (χ2n) is 7.73. The zero-order chi connectivity index (χ0) is 21.4. The predicted octanol–water partition coefficient (Wildman–Crippen LogP) is 4.05. The van der Waals surface area contributed by atoms with E-state index in [1.54, 1.807) is 4.57 Å². The Labute approximate surface area is 179 Å². The van der Waals surface area contributed by atoms with Crippen LogP contribution in [-0.4, -0.2) is 39.8 Å². The molecule has 0 radical (unpaired) electrons. The molecular formula is C24H24N4O3. The Kier molecular flexibility index (Phi) is 5.03. The van der Waals surface area contributed by atoms with Crippen LogP contribution >= 0.6 is 0 Å². The van der Waals surface area contributed by atoms with Gasteiger partial charge in [0.2, 0.25) is 0 Å². The summed E-state index contributed by atoms with van der Waals surface area (Å²) in [5, 5.41) is 0. The summed E-state index contributed by atoms with van der Waals surface area (Å²) in [6.07, 6.45) is 2.74. The monoisotopic (exact) mass is 416 g/mol. The van der Waals surface area contributed by atoms with Gasteiger partial charge in [-0.3, -0.25) is 4.57 Å². The van der Waals surface area contributed by atoms with E-state index in [0.29, 0.717) is 23.3 Å². The minimum Gasteiger partial charge on any atom is -0.459 e. The molecule has 0 bridgehead atoms. The first-order valence-corrected chi connectivity index (χ1v) is 10.6. The van der Waals surface area contributed by atoms with E-state index in [2.05, 4.69) is 6.92 Å². The predicted molar refractivity (Wildman–Crippen MR) is 119 cm³/mol. The second kappa shape index (κ2) is 8.00. The molecule has 1 saturated heterocycles. The summed E-state index contributed by atoms with van der Waals surface area (Å²) < 4.78 is 12.9. The summed E-state index contributed by atoms with van der Waals surface area (Å²) in [6.45, 7) is 3.01. The van der Waals surface area contributed by atoms with Crippen LogP contribution in [0.25, 0.3) is 27.9 Å². The van der Waals surface area contributed by atoms with Crippen molar-refractivity contribution in [1.29, 1.82) is 0 Å². The lowest BCUT2D eigenvalue weighted by molar-refractivity contribution is 0.0163. The van der Waals surface area contributed by atoms with Crippen molar-refractivity contribution < 1.29 is 14.3 Å². The normalized spacial score (nSPS) is 16.2. The largest absolute Gasteiger partial charge is 0.459 e. The van der Waals surface area contributed by atoms with Crippen LogP contribution < -0.4 is 5.73 Å². The van der Waals surface area contributed by atoms with Crippen LogP contribution in [0.2, 0.25) is 0 Å². The number of rotatable bonds is 5. The average molecular weight is 416 g/mol. The Bertz CT molecular complexity index is 1260. The van der Waals surface area contributed by atoms with Gasteiger partial charge in [0.1, 0.15) is 23.5 Å². The smallest absolute Gasteiger partial charge is 0.344 e. The molecule has 7 heteroatoms. The number of aryl methyl sites for hydroxylation is 1. The van der Waals surface area contributed by atoms with Gasteiger partial charge in [-0.2, -0.15) is 0 Å². The quantitative estimate of drug-likeness (QED) is 0.494. The number of carbonyl (C=O) groups is 1. The summed E-state index contributed by atoms with van der Waals surface area (Å²) in [6, 6.07) is 15.6. The Morgan fingerprint density at radius 2 is 1.90 bits per heavy atom. The molecule has 4 aromatic rings. The zero-order valence-electron chi connectivity index (χ0n) is 17.4. The van der Waals surface area contributed by atoms with E-state index in [1.807, 2.05) is 48.5 Å². The number of nitrogens with two attached hydrogens (primary N) is 1. The Hall–Kier alpha value is -3.45. The van der Waals surface area contributed by atoms with E-state index in [1.165, 1.54) is 5.56 Å². The molecule has 1 fully saturated rings. The summed E-state index contributed by atoms with van der Waals surface area (Å²) in [5.74, 6) is -0.238. The number of esters is 1. The van der Waals surface area contributed by atoms with Crippen molar-refractivity contribution in [3.8, 4) is 5.69 Å². The molecule has 1 aliphatic heterocycles. The molecule has 0 unspecified atom stereocenters. The maximum atomic E-state index is 13.1. The average Bonchev–Trinajstić information content (AvgIpc) is 3.41. The lowest BCUT2D eigenvalue weighted by atomic mass is 10.1. The molecule has 0 aliphatic carbocycles. The third-order valence-electron chi connectivity index (χ3n) is 5.73. The van der Waals surface area contributed by atoms with Crippen LogP contribution in [0.1, 0.15) is 35.7 Å². The summed E-state index contributed by atoms with van der Waals surface area (Å²) in [4.78, 5) is 22.6. The van der Waals surface area contributed by atoms with Gasteiger partial charge >= 0.3 is 5.97 Å².